The Morgan fingerprint density at radius 2 is 2.00 bits per heavy atom. The Balaban J connectivity index is 2.22. The number of methoxy groups -OCH3 is 1. The van der Waals surface area contributed by atoms with Gasteiger partial charge in [-0.1, -0.05) is 6.08 Å². The number of amides is 2. The van der Waals surface area contributed by atoms with E-state index in [2.05, 4.69) is 0 Å². The number of nitrogens with zero attached hydrogens (tertiary/aromatic N) is 2. The fourth-order valence-electron chi connectivity index (χ4n) is 3.34. The van der Waals surface area contributed by atoms with E-state index in [9.17, 15) is 22.8 Å². The SMILES string of the molecule is COc1ccc2c(c1)C1(CC=CC(=O)N1CC(F)(F)F)C(=O)N2C. The highest BCUT2D eigenvalue weighted by Gasteiger charge is 2.57. The quantitative estimate of drug-likeness (QED) is 0.829. The molecule has 2 amide bonds. The molecule has 0 radical (unpaired) electrons. The normalized spacial score (nSPS) is 23.2. The van der Waals surface area contributed by atoms with E-state index >= 15 is 0 Å². The van der Waals surface area contributed by atoms with Gasteiger partial charge in [0.2, 0.25) is 5.91 Å². The van der Waals surface area contributed by atoms with Gasteiger partial charge in [-0.2, -0.15) is 13.2 Å². The average Bonchev–Trinajstić information content (AvgIpc) is 2.72. The van der Waals surface area contributed by atoms with Crippen molar-refractivity contribution in [3.05, 3.63) is 35.9 Å². The van der Waals surface area contributed by atoms with Gasteiger partial charge in [0.25, 0.3) is 5.91 Å². The fraction of sp³-hybridized carbons (Fsp3) is 0.375. The summed E-state index contributed by atoms with van der Waals surface area (Å²) in [7, 11) is 2.91. The number of hydrogen-bond donors (Lipinski definition) is 0. The summed E-state index contributed by atoms with van der Waals surface area (Å²) in [5.74, 6) is -0.992. The molecule has 1 aromatic carbocycles. The second-order valence-corrected chi connectivity index (χ2v) is 5.75. The third-order valence-corrected chi connectivity index (χ3v) is 4.41. The van der Waals surface area contributed by atoms with Crippen molar-refractivity contribution in [3.8, 4) is 5.75 Å². The van der Waals surface area contributed by atoms with Gasteiger partial charge in [-0.3, -0.25) is 9.59 Å². The van der Waals surface area contributed by atoms with E-state index in [1.807, 2.05) is 0 Å². The molecule has 2 heterocycles. The molecule has 0 N–H and O–H groups in total. The Morgan fingerprint density at radius 3 is 2.62 bits per heavy atom. The van der Waals surface area contributed by atoms with Crippen LogP contribution < -0.4 is 9.64 Å². The van der Waals surface area contributed by atoms with Crippen molar-refractivity contribution in [1.82, 2.24) is 4.90 Å². The first-order chi connectivity index (χ1) is 11.2. The zero-order valence-corrected chi connectivity index (χ0v) is 13.1. The molecule has 1 spiro atoms. The molecule has 24 heavy (non-hydrogen) atoms. The van der Waals surface area contributed by atoms with Crippen LogP contribution in [0, 0.1) is 0 Å². The molecular weight excluding hydrogens is 325 g/mol. The first-order valence-electron chi connectivity index (χ1n) is 7.22. The minimum atomic E-state index is -4.62. The lowest BCUT2D eigenvalue weighted by molar-refractivity contribution is -0.174. The first-order valence-corrected chi connectivity index (χ1v) is 7.22. The number of anilines is 1. The van der Waals surface area contributed by atoms with Gasteiger partial charge >= 0.3 is 6.18 Å². The molecule has 1 unspecified atom stereocenters. The monoisotopic (exact) mass is 340 g/mol. The molecule has 0 aromatic heterocycles. The molecule has 1 atom stereocenters. The molecule has 2 aliphatic heterocycles. The zero-order chi connectivity index (χ0) is 17.7. The maximum absolute atomic E-state index is 13.0. The summed E-state index contributed by atoms with van der Waals surface area (Å²) in [5.41, 5.74) is -0.882. The second kappa shape index (κ2) is 5.25. The predicted octanol–water partition coefficient (Wildman–Crippen LogP) is 2.22. The molecule has 1 aromatic rings. The summed E-state index contributed by atoms with van der Waals surface area (Å²) in [6.07, 6.45) is -2.12. The van der Waals surface area contributed by atoms with Crippen molar-refractivity contribution in [2.75, 3.05) is 25.6 Å². The molecular formula is C16H15F3N2O3. The topological polar surface area (TPSA) is 49.9 Å². The van der Waals surface area contributed by atoms with Crippen LogP contribution in [-0.2, 0) is 15.1 Å². The highest BCUT2D eigenvalue weighted by Crippen LogP contribution is 2.49. The Kier molecular flexibility index (Phi) is 3.58. The summed E-state index contributed by atoms with van der Waals surface area (Å²) in [5, 5.41) is 0. The lowest BCUT2D eigenvalue weighted by Crippen LogP contribution is -2.58. The van der Waals surface area contributed by atoms with Crippen molar-refractivity contribution in [2.24, 2.45) is 0 Å². The zero-order valence-electron chi connectivity index (χ0n) is 13.1. The molecule has 0 fully saturated rings. The number of hydrogen-bond acceptors (Lipinski definition) is 3. The van der Waals surface area contributed by atoms with Gasteiger partial charge in [0, 0.05) is 24.7 Å². The van der Waals surface area contributed by atoms with E-state index in [1.54, 1.807) is 12.1 Å². The van der Waals surface area contributed by atoms with Gasteiger partial charge < -0.3 is 14.5 Å². The maximum atomic E-state index is 13.0. The van der Waals surface area contributed by atoms with Crippen LogP contribution >= 0.6 is 0 Å². The van der Waals surface area contributed by atoms with E-state index in [0.717, 1.165) is 6.08 Å². The molecule has 128 valence electrons. The summed E-state index contributed by atoms with van der Waals surface area (Å²) in [6, 6.07) is 4.75. The van der Waals surface area contributed by atoms with Crippen LogP contribution in [0.2, 0.25) is 0 Å². The summed E-state index contributed by atoms with van der Waals surface area (Å²) < 4.78 is 44.2. The Bertz CT molecular complexity index is 745. The van der Waals surface area contributed by atoms with Crippen LogP contribution in [0.3, 0.4) is 0 Å². The smallest absolute Gasteiger partial charge is 0.406 e. The number of benzene rings is 1. The van der Waals surface area contributed by atoms with Gasteiger partial charge in [-0.15, -0.1) is 0 Å². The molecule has 5 nitrogen and oxygen atoms in total. The van der Waals surface area contributed by atoms with Crippen molar-refractivity contribution in [1.29, 1.82) is 0 Å². The summed E-state index contributed by atoms with van der Waals surface area (Å²) >= 11 is 0. The lowest BCUT2D eigenvalue weighted by Gasteiger charge is -2.41. The number of ether oxygens (including phenoxy) is 1. The molecule has 0 bridgehead atoms. The number of alkyl halides is 3. The van der Waals surface area contributed by atoms with Crippen LogP contribution in [0.1, 0.15) is 12.0 Å². The number of carbonyl (C=O) groups is 2. The minimum Gasteiger partial charge on any atom is -0.497 e. The van der Waals surface area contributed by atoms with E-state index in [4.69, 9.17) is 4.74 Å². The molecule has 0 aliphatic carbocycles. The molecule has 0 saturated carbocycles. The third kappa shape index (κ3) is 2.24. The van der Waals surface area contributed by atoms with Crippen LogP contribution in [-0.4, -0.2) is 43.6 Å². The molecule has 2 aliphatic rings. The van der Waals surface area contributed by atoms with E-state index in [-0.39, 0.29) is 6.42 Å². The van der Waals surface area contributed by atoms with Crippen LogP contribution in [0.25, 0.3) is 0 Å². The third-order valence-electron chi connectivity index (χ3n) is 4.41. The first kappa shape index (κ1) is 16.4. The van der Waals surface area contributed by atoms with Gasteiger partial charge in [-0.05, 0) is 24.3 Å². The minimum absolute atomic E-state index is 0.0157. The highest BCUT2D eigenvalue weighted by atomic mass is 19.4. The molecule has 8 heteroatoms. The number of carbonyl (C=O) groups excluding carboxylic acids is 2. The van der Waals surface area contributed by atoms with Gasteiger partial charge in [0.1, 0.15) is 12.3 Å². The fourth-order valence-corrected chi connectivity index (χ4v) is 3.34. The Morgan fingerprint density at radius 1 is 1.29 bits per heavy atom. The largest absolute Gasteiger partial charge is 0.497 e. The number of fused-ring (bicyclic) bond motifs is 2. The van der Waals surface area contributed by atoms with Crippen LogP contribution in [0.5, 0.6) is 5.75 Å². The average molecular weight is 340 g/mol. The van der Waals surface area contributed by atoms with Gasteiger partial charge in [0.05, 0.1) is 7.11 Å². The Hall–Kier alpha value is -2.51. The molecule has 0 saturated heterocycles. The standard InChI is InChI=1S/C16H15F3N2O3/c1-20-12-6-5-10(24-2)8-11(12)15(14(20)23)7-3-4-13(22)21(15)9-16(17,18)19/h3-6,8H,7,9H2,1-2H3. The van der Waals surface area contributed by atoms with Crippen LogP contribution in [0.4, 0.5) is 18.9 Å². The summed E-state index contributed by atoms with van der Waals surface area (Å²) in [4.78, 5) is 26.9. The van der Waals surface area contributed by atoms with Crippen molar-refractivity contribution in [3.63, 3.8) is 0 Å². The summed E-state index contributed by atoms with van der Waals surface area (Å²) in [6.45, 7) is -1.49. The highest BCUT2D eigenvalue weighted by molar-refractivity contribution is 6.10. The van der Waals surface area contributed by atoms with E-state index in [1.165, 1.54) is 31.2 Å². The van der Waals surface area contributed by atoms with E-state index in [0.29, 0.717) is 21.9 Å². The lowest BCUT2D eigenvalue weighted by atomic mass is 9.83. The van der Waals surface area contributed by atoms with E-state index < -0.39 is 30.1 Å². The predicted molar refractivity (Wildman–Crippen MR) is 79.6 cm³/mol. The van der Waals surface area contributed by atoms with Gasteiger partial charge in [0.15, 0.2) is 5.54 Å². The van der Waals surface area contributed by atoms with Gasteiger partial charge in [-0.25, -0.2) is 0 Å². The maximum Gasteiger partial charge on any atom is 0.406 e. The number of halogens is 3. The van der Waals surface area contributed by atoms with Crippen molar-refractivity contribution in [2.45, 2.75) is 18.1 Å². The Labute approximate surface area is 136 Å². The number of likely N-dealkylation sites (N-methyl/N-ethyl adjacent to an activating group) is 1. The van der Waals surface area contributed by atoms with Crippen molar-refractivity contribution < 1.29 is 27.5 Å². The van der Waals surface area contributed by atoms with Crippen LogP contribution in [0.15, 0.2) is 30.4 Å². The second-order valence-electron chi connectivity index (χ2n) is 5.75. The molecule has 3 rings (SSSR count). The van der Waals surface area contributed by atoms with Crippen molar-refractivity contribution >= 4 is 17.5 Å². The number of rotatable bonds is 2.